The van der Waals surface area contributed by atoms with Crippen molar-refractivity contribution in [2.24, 2.45) is 0 Å². The lowest BCUT2D eigenvalue weighted by Gasteiger charge is -2.17. The van der Waals surface area contributed by atoms with Gasteiger partial charge < -0.3 is 5.32 Å². The fraction of sp³-hybridized carbons (Fsp3) is 0.381. The van der Waals surface area contributed by atoms with Crippen LogP contribution in [0, 0.1) is 6.92 Å². The Labute approximate surface area is 186 Å². The second kappa shape index (κ2) is 8.22. The molecule has 1 fully saturated rings. The first-order chi connectivity index (χ1) is 14.7. The predicted molar refractivity (Wildman–Crippen MR) is 120 cm³/mol. The van der Waals surface area contributed by atoms with Crippen molar-refractivity contribution in [3.05, 3.63) is 46.7 Å². The molecule has 164 valence electrons. The van der Waals surface area contributed by atoms with E-state index in [9.17, 15) is 13.2 Å². The summed E-state index contributed by atoms with van der Waals surface area (Å²) in [6, 6.07) is 6.28. The Balaban J connectivity index is 1.68. The zero-order valence-corrected chi connectivity index (χ0v) is 19.2. The average Bonchev–Trinajstić information content (AvgIpc) is 3.38. The molecule has 1 aromatic carbocycles. The number of sulfonamides is 1. The van der Waals surface area contributed by atoms with Gasteiger partial charge in [0.05, 0.1) is 22.2 Å². The number of fused-ring (bicyclic) bond motifs is 1. The van der Waals surface area contributed by atoms with Gasteiger partial charge in [0.25, 0.3) is 5.91 Å². The minimum absolute atomic E-state index is 0.00227. The van der Waals surface area contributed by atoms with Crippen LogP contribution in [0.1, 0.15) is 48.8 Å². The molecule has 4 rings (SSSR count). The van der Waals surface area contributed by atoms with Gasteiger partial charge in [0.2, 0.25) is 10.0 Å². The summed E-state index contributed by atoms with van der Waals surface area (Å²) in [6.45, 7) is 6.75. The van der Waals surface area contributed by atoms with Gasteiger partial charge in [0.15, 0.2) is 5.65 Å². The average molecular weight is 462 g/mol. The Bertz CT molecular complexity index is 1260. The number of halogens is 1. The second-order valence-electron chi connectivity index (χ2n) is 7.94. The van der Waals surface area contributed by atoms with Crippen LogP contribution in [0.25, 0.3) is 11.0 Å². The lowest BCUT2D eigenvalue weighted by molar-refractivity contribution is 0.102. The predicted octanol–water partition coefficient (Wildman–Crippen LogP) is 4.01. The van der Waals surface area contributed by atoms with Crippen molar-refractivity contribution in [1.29, 1.82) is 0 Å². The van der Waals surface area contributed by atoms with Crippen LogP contribution < -0.4 is 5.32 Å². The molecule has 3 heterocycles. The molecule has 1 aliphatic heterocycles. The van der Waals surface area contributed by atoms with Gasteiger partial charge in [-0.05, 0) is 57.9 Å². The van der Waals surface area contributed by atoms with Crippen LogP contribution in [0.5, 0.6) is 0 Å². The van der Waals surface area contributed by atoms with Gasteiger partial charge in [-0.25, -0.2) is 18.1 Å². The topological polar surface area (TPSA) is 97.2 Å². The minimum Gasteiger partial charge on any atom is -0.322 e. The first-order valence-electron chi connectivity index (χ1n) is 10.1. The highest BCUT2D eigenvalue weighted by molar-refractivity contribution is 7.89. The summed E-state index contributed by atoms with van der Waals surface area (Å²) in [5.74, 6) is -0.370. The molecule has 31 heavy (non-hydrogen) atoms. The Morgan fingerprint density at radius 3 is 2.58 bits per heavy atom. The monoisotopic (exact) mass is 461 g/mol. The molecular formula is C21H24ClN5O3S. The minimum atomic E-state index is -3.71. The molecule has 0 radical (unpaired) electrons. The Hall–Kier alpha value is -2.49. The van der Waals surface area contributed by atoms with Crippen molar-refractivity contribution in [2.75, 3.05) is 18.4 Å². The Morgan fingerprint density at radius 1 is 1.19 bits per heavy atom. The highest BCUT2D eigenvalue weighted by Crippen LogP contribution is 2.30. The van der Waals surface area contributed by atoms with Crippen molar-refractivity contribution in [1.82, 2.24) is 19.1 Å². The summed E-state index contributed by atoms with van der Waals surface area (Å²) >= 11 is 6.21. The molecule has 1 N–H and O–H groups in total. The van der Waals surface area contributed by atoms with E-state index in [2.05, 4.69) is 15.4 Å². The molecule has 0 unspecified atom stereocenters. The van der Waals surface area contributed by atoms with Gasteiger partial charge in [-0.15, -0.1) is 0 Å². The van der Waals surface area contributed by atoms with E-state index >= 15 is 0 Å². The maximum Gasteiger partial charge on any atom is 0.256 e. The van der Waals surface area contributed by atoms with E-state index in [0.29, 0.717) is 41.1 Å². The lowest BCUT2D eigenvalue weighted by atomic mass is 10.1. The van der Waals surface area contributed by atoms with Gasteiger partial charge in [-0.2, -0.15) is 9.40 Å². The van der Waals surface area contributed by atoms with Gasteiger partial charge in [0, 0.05) is 30.5 Å². The maximum atomic E-state index is 13.1. The van der Waals surface area contributed by atoms with Crippen molar-refractivity contribution in [3.63, 3.8) is 0 Å². The van der Waals surface area contributed by atoms with Crippen LogP contribution in [0.4, 0.5) is 5.69 Å². The molecule has 1 amide bonds. The first kappa shape index (κ1) is 21.7. The molecule has 3 aromatic rings. The van der Waals surface area contributed by atoms with Crippen molar-refractivity contribution >= 4 is 44.3 Å². The number of aryl methyl sites for hydroxylation is 1. The Kier molecular flexibility index (Phi) is 5.76. The molecule has 0 bridgehead atoms. The molecule has 2 aromatic heterocycles. The van der Waals surface area contributed by atoms with Crippen LogP contribution in [0.15, 0.2) is 35.4 Å². The quantitative estimate of drug-likeness (QED) is 0.619. The largest absolute Gasteiger partial charge is 0.322 e. The molecule has 0 aliphatic carbocycles. The summed E-state index contributed by atoms with van der Waals surface area (Å²) in [7, 11) is -3.71. The molecule has 0 spiro atoms. The van der Waals surface area contributed by atoms with Crippen molar-refractivity contribution < 1.29 is 13.2 Å². The van der Waals surface area contributed by atoms with E-state index in [4.69, 9.17) is 11.6 Å². The van der Waals surface area contributed by atoms with Gasteiger partial charge >= 0.3 is 0 Å². The van der Waals surface area contributed by atoms with Gasteiger partial charge in [-0.1, -0.05) is 11.6 Å². The number of nitrogens with one attached hydrogen (secondary N) is 1. The third-order valence-corrected chi connectivity index (χ3v) is 7.68. The number of carbonyl (C=O) groups is 1. The molecule has 1 aliphatic rings. The molecule has 0 saturated carbocycles. The third kappa shape index (κ3) is 4.05. The standard InChI is InChI=1S/C21H24ClN5O3S/c1-13(2)27-20-17(12-23-27)16(10-14(3)24-20)21(28)25-15-6-7-18(22)19(11-15)31(29,30)26-8-4-5-9-26/h6-7,10-13H,4-5,8-9H2,1-3H3,(H,25,28). The van der Waals surface area contributed by atoms with Crippen LogP contribution >= 0.6 is 11.6 Å². The lowest BCUT2D eigenvalue weighted by Crippen LogP contribution is -2.28. The van der Waals surface area contributed by atoms with Crippen molar-refractivity contribution in [3.8, 4) is 0 Å². The van der Waals surface area contributed by atoms with Crippen LogP contribution in [0.2, 0.25) is 5.02 Å². The number of carbonyl (C=O) groups excluding carboxylic acids is 1. The number of aromatic nitrogens is 3. The smallest absolute Gasteiger partial charge is 0.256 e. The van der Waals surface area contributed by atoms with Gasteiger partial charge in [0.1, 0.15) is 4.90 Å². The number of rotatable bonds is 5. The summed E-state index contributed by atoms with van der Waals surface area (Å²) < 4.78 is 29.1. The van der Waals surface area contributed by atoms with Crippen molar-refractivity contribution in [2.45, 2.75) is 44.6 Å². The number of pyridine rings is 1. The number of hydrogen-bond donors (Lipinski definition) is 1. The second-order valence-corrected chi connectivity index (χ2v) is 10.3. The third-order valence-electron chi connectivity index (χ3n) is 5.30. The van der Waals surface area contributed by atoms with Crippen LogP contribution in [-0.2, 0) is 10.0 Å². The van der Waals surface area contributed by atoms with E-state index in [1.165, 1.54) is 16.4 Å². The highest BCUT2D eigenvalue weighted by Gasteiger charge is 2.29. The number of nitrogens with zero attached hydrogens (tertiary/aromatic N) is 4. The number of amides is 1. The summed E-state index contributed by atoms with van der Waals surface area (Å²) in [4.78, 5) is 17.6. The first-order valence-corrected chi connectivity index (χ1v) is 12.0. The van der Waals surface area contributed by atoms with Gasteiger partial charge in [-0.3, -0.25) is 4.79 Å². The molecular weight excluding hydrogens is 438 g/mol. The Morgan fingerprint density at radius 2 is 1.90 bits per heavy atom. The fourth-order valence-electron chi connectivity index (χ4n) is 3.75. The number of anilines is 1. The van der Waals surface area contributed by atoms with E-state index < -0.39 is 10.0 Å². The normalized spacial score (nSPS) is 15.1. The molecule has 1 saturated heterocycles. The van der Waals surface area contributed by atoms with Crippen LogP contribution in [0.3, 0.4) is 0 Å². The highest BCUT2D eigenvalue weighted by atomic mass is 35.5. The van der Waals surface area contributed by atoms with Crippen LogP contribution in [-0.4, -0.2) is 46.5 Å². The zero-order chi connectivity index (χ0) is 22.3. The number of hydrogen-bond acceptors (Lipinski definition) is 5. The molecule has 8 nitrogen and oxygen atoms in total. The molecule has 0 atom stereocenters. The fourth-order valence-corrected chi connectivity index (χ4v) is 5.77. The van der Waals surface area contributed by atoms with E-state index in [1.54, 1.807) is 23.0 Å². The number of benzene rings is 1. The van der Waals surface area contributed by atoms with E-state index in [1.807, 2.05) is 20.8 Å². The van der Waals surface area contributed by atoms with E-state index in [-0.39, 0.29) is 21.9 Å². The SMILES string of the molecule is Cc1cc(C(=O)Nc2ccc(Cl)c(S(=O)(=O)N3CCCC3)c2)c2cnn(C(C)C)c2n1. The summed E-state index contributed by atoms with van der Waals surface area (Å²) in [5.41, 5.74) is 2.10. The summed E-state index contributed by atoms with van der Waals surface area (Å²) in [6.07, 6.45) is 3.28. The molecule has 10 heteroatoms. The maximum absolute atomic E-state index is 13.1. The summed E-state index contributed by atoms with van der Waals surface area (Å²) in [5, 5.41) is 7.93. The van der Waals surface area contributed by atoms with E-state index in [0.717, 1.165) is 12.8 Å². The zero-order valence-electron chi connectivity index (χ0n) is 17.6.